The number of carbonyl (C=O) groups is 2. The number of quaternary nitrogens is 2. The van der Waals surface area contributed by atoms with E-state index in [-0.39, 0.29) is 17.9 Å². The minimum absolute atomic E-state index is 0.0271. The highest BCUT2D eigenvalue weighted by molar-refractivity contribution is 5.85. The zero-order chi connectivity index (χ0) is 21.9. The van der Waals surface area contributed by atoms with Crippen LogP contribution in [0.25, 0.3) is 0 Å². The predicted octanol–water partition coefficient (Wildman–Crippen LogP) is 1.30. The molecular formula is C25H35N3O3+2. The summed E-state index contributed by atoms with van der Waals surface area (Å²) in [7, 11) is 0. The molecule has 6 nitrogen and oxygen atoms in total. The van der Waals surface area contributed by atoms with Gasteiger partial charge in [0.15, 0.2) is 0 Å². The monoisotopic (exact) mass is 425 g/mol. The molecule has 31 heavy (non-hydrogen) atoms. The average Bonchev–Trinajstić information content (AvgIpc) is 3.29. The number of rotatable bonds is 11. The second kappa shape index (κ2) is 12.2. The first kappa shape index (κ1) is 23.0. The maximum Gasteiger partial charge on any atom is 0.333 e. The zero-order valence-corrected chi connectivity index (χ0v) is 18.3. The van der Waals surface area contributed by atoms with Crippen LogP contribution in [-0.2, 0) is 22.6 Å². The highest BCUT2D eigenvalue weighted by Crippen LogP contribution is 2.20. The Morgan fingerprint density at radius 1 is 1.00 bits per heavy atom. The summed E-state index contributed by atoms with van der Waals surface area (Å²) in [4.78, 5) is 27.2. The van der Waals surface area contributed by atoms with Crippen molar-refractivity contribution < 1.29 is 25.4 Å². The number of hydrogen-bond acceptors (Lipinski definition) is 3. The average molecular weight is 426 g/mol. The Kier molecular flexibility index (Phi) is 9.06. The van der Waals surface area contributed by atoms with Gasteiger partial charge in [-0.05, 0) is 55.4 Å². The van der Waals surface area contributed by atoms with Crippen molar-refractivity contribution >= 4 is 11.8 Å². The van der Waals surface area contributed by atoms with Gasteiger partial charge in [-0.2, -0.15) is 0 Å². The number of nitrogens with two attached hydrogens (primary N) is 1. The van der Waals surface area contributed by atoms with E-state index in [0.717, 1.165) is 62.1 Å². The number of hydrogen-bond donors (Lipinski definition) is 2. The van der Waals surface area contributed by atoms with Crippen molar-refractivity contribution in [3.05, 3.63) is 65.7 Å². The molecule has 0 radical (unpaired) electrons. The molecule has 2 amide bonds. The van der Waals surface area contributed by atoms with Crippen molar-refractivity contribution in [3.8, 4) is 5.75 Å². The molecule has 1 heterocycles. The summed E-state index contributed by atoms with van der Waals surface area (Å²) in [5.41, 5.74) is 5.90. The smallest absolute Gasteiger partial charge is 0.333 e. The number of unbranched alkanes of at least 4 members (excludes halogenated alkanes) is 2. The van der Waals surface area contributed by atoms with Gasteiger partial charge in [0.05, 0.1) is 19.5 Å². The van der Waals surface area contributed by atoms with E-state index in [4.69, 9.17) is 4.74 Å². The highest BCUT2D eigenvalue weighted by Gasteiger charge is 2.36. The number of ether oxygens (including phenoxy) is 1. The quantitative estimate of drug-likeness (QED) is 0.532. The van der Waals surface area contributed by atoms with E-state index < -0.39 is 0 Å². The molecular weight excluding hydrogens is 390 g/mol. The first-order valence-electron chi connectivity index (χ1n) is 11.4. The topological polar surface area (TPSA) is 90.9 Å². The van der Waals surface area contributed by atoms with Crippen molar-refractivity contribution in [1.82, 2.24) is 4.90 Å². The Balaban J connectivity index is 1.46. The van der Waals surface area contributed by atoms with Crippen LogP contribution >= 0.6 is 0 Å². The second-order valence-electron chi connectivity index (χ2n) is 8.15. The fraction of sp³-hybridized carbons (Fsp3) is 0.440. The number of nitrogens with zero attached hydrogens (tertiary/aromatic N) is 1. The number of benzene rings is 2. The molecule has 3 rings (SSSR count). The van der Waals surface area contributed by atoms with Gasteiger partial charge >= 0.3 is 5.91 Å². The summed E-state index contributed by atoms with van der Waals surface area (Å²) in [5.74, 6) is 0.909. The zero-order valence-electron chi connectivity index (χ0n) is 18.3. The highest BCUT2D eigenvalue weighted by atomic mass is 16.5. The summed E-state index contributed by atoms with van der Waals surface area (Å²) >= 11 is 0. The fourth-order valence-electron chi connectivity index (χ4n) is 3.96. The largest absolute Gasteiger partial charge is 0.489 e. The van der Waals surface area contributed by atoms with Crippen LogP contribution in [0.5, 0.6) is 5.75 Å². The number of carbonyl (C=O) groups excluding carboxylic acids is 2. The lowest BCUT2D eigenvalue weighted by Gasteiger charge is -2.22. The van der Waals surface area contributed by atoms with Crippen molar-refractivity contribution in [2.24, 2.45) is 0 Å². The van der Waals surface area contributed by atoms with Crippen LogP contribution in [0.2, 0.25) is 0 Å². The van der Waals surface area contributed by atoms with Crippen molar-refractivity contribution in [2.45, 2.75) is 51.2 Å². The summed E-state index contributed by atoms with van der Waals surface area (Å²) in [6.45, 7) is 2.92. The van der Waals surface area contributed by atoms with Crippen LogP contribution in [0.15, 0.2) is 54.6 Å². The minimum Gasteiger partial charge on any atom is -0.489 e. The normalized spacial score (nSPS) is 15.8. The Bertz CT molecular complexity index is 824. The van der Waals surface area contributed by atoms with Crippen LogP contribution in [-0.4, -0.2) is 42.4 Å². The lowest BCUT2D eigenvalue weighted by atomic mass is 10.1. The maximum atomic E-state index is 12.9. The van der Waals surface area contributed by atoms with Gasteiger partial charge in [-0.1, -0.05) is 42.5 Å². The molecule has 1 atom stereocenters. The third-order valence-corrected chi connectivity index (χ3v) is 5.73. The first-order valence-corrected chi connectivity index (χ1v) is 11.4. The molecule has 166 valence electrons. The Morgan fingerprint density at radius 2 is 1.77 bits per heavy atom. The molecule has 0 saturated carbocycles. The second-order valence-corrected chi connectivity index (χ2v) is 8.15. The van der Waals surface area contributed by atoms with Crippen molar-refractivity contribution in [2.75, 3.05) is 19.6 Å². The van der Waals surface area contributed by atoms with Crippen LogP contribution < -0.4 is 15.8 Å². The van der Waals surface area contributed by atoms with Crippen LogP contribution in [0.1, 0.15) is 43.2 Å². The van der Waals surface area contributed by atoms with E-state index in [2.05, 4.69) is 5.73 Å². The lowest BCUT2D eigenvalue weighted by molar-refractivity contribution is -0.571. The van der Waals surface area contributed by atoms with Gasteiger partial charge in [-0.3, -0.25) is 10.1 Å². The Hall–Kier alpha value is -2.70. The first-order chi connectivity index (χ1) is 15.2. The number of likely N-dealkylation sites (tertiary alicyclic amines) is 1. The van der Waals surface area contributed by atoms with Crippen LogP contribution in [0, 0.1) is 0 Å². The fourth-order valence-corrected chi connectivity index (χ4v) is 3.96. The standard InChI is InChI=1S/C25H33N3O3/c26-15-5-2-6-16-27-25(30)23-10-7-17-28(23)24(29)18-20-11-13-22(14-12-20)31-19-21-8-3-1-4-9-21/h1,3-4,8-9,11-14,23H,2,5-7,10,15-19,26H2,(H,27,30)/p+2. The molecule has 2 aromatic carbocycles. The van der Waals surface area contributed by atoms with E-state index >= 15 is 0 Å². The SMILES string of the molecule is [NH3+]CCCCC[NH2+]C(=O)C1CCCN1C(=O)Cc1ccc(OCc2ccccc2)cc1. The molecule has 0 aromatic heterocycles. The molecule has 1 aliphatic heterocycles. The van der Waals surface area contributed by atoms with Gasteiger partial charge in [0.1, 0.15) is 18.4 Å². The molecule has 1 aliphatic rings. The van der Waals surface area contributed by atoms with E-state index in [1.165, 1.54) is 0 Å². The number of amides is 2. The summed E-state index contributed by atoms with van der Waals surface area (Å²) in [6.07, 6.45) is 5.20. The van der Waals surface area contributed by atoms with Crippen molar-refractivity contribution in [1.29, 1.82) is 0 Å². The molecule has 6 heteroatoms. The van der Waals surface area contributed by atoms with Gasteiger partial charge in [0.2, 0.25) is 5.91 Å². The molecule has 1 unspecified atom stereocenters. The van der Waals surface area contributed by atoms with Gasteiger partial charge in [0, 0.05) is 6.54 Å². The van der Waals surface area contributed by atoms with Gasteiger partial charge < -0.3 is 15.4 Å². The van der Waals surface area contributed by atoms with Crippen LogP contribution in [0.4, 0.5) is 0 Å². The van der Waals surface area contributed by atoms with E-state index in [1.807, 2.05) is 54.6 Å². The van der Waals surface area contributed by atoms with Gasteiger partial charge in [-0.15, -0.1) is 0 Å². The van der Waals surface area contributed by atoms with Gasteiger partial charge in [-0.25, -0.2) is 4.79 Å². The Labute approximate surface area is 184 Å². The molecule has 1 fully saturated rings. The summed E-state index contributed by atoms with van der Waals surface area (Å²) in [6, 6.07) is 17.4. The molecule has 0 aliphatic carbocycles. The van der Waals surface area contributed by atoms with Crippen molar-refractivity contribution in [3.63, 3.8) is 0 Å². The maximum absolute atomic E-state index is 12.9. The van der Waals surface area contributed by atoms with Gasteiger partial charge in [0.25, 0.3) is 0 Å². The third-order valence-electron chi connectivity index (χ3n) is 5.73. The summed E-state index contributed by atoms with van der Waals surface area (Å²) < 4.78 is 5.81. The molecule has 5 N–H and O–H groups in total. The summed E-state index contributed by atoms with van der Waals surface area (Å²) in [5, 5.41) is 1.79. The predicted molar refractivity (Wildman–Crippen MR) is 119 cm³/mol. The Morgan fingerprint density at radius 3 is 2.52 bits per heavy atom. The van der Waals surface area contributed by atoms with E-state index in [9.17, 15) is 9.59 Å². The molecule has 1 saturated heterocycles. The molecule has 2 aromatic rings. The third kappa shape index (κ3) is 7.19. The molecule has 0 spiro atoms. The van der Waals surface area contributed by atoms with E-state index in [1.54, 1.807) is 10.2 Å². The lowest BCUT2D eigenvalue weighted by Crippen LogP contribution is -2.91. The minimum atomic E-state index is -0.283. The molecule has 0 bridgehead atoms. The van der Waals surface area contributed by atoms with Crippen LogP contribution in [0.3, 0.4) is 0 Å². The number of primary amides is 1. The van der Waals surface area contributed by atoms with E-state index in [0.29, 0.717) is 19.6 Å².